The number of ether oxygens (including phenoxy) is 1. The molecule has 0 unspecified atom stereocenters. The van der Waals surface area contributed by atoms with Crippen LogP contribution >= 0.6 is 31.9 Å². The van der Waals surface area contributed by atoms with Crippen molar-refractivity contribution in [3.63, 3.8) is 0 Å². The van der Waals surface area contributed by atoms with Gasteiger partial charge in [0, 0.05) is 58.6 Å². The molecule has 0 aliphatic rings. The molecule has 0 aliphatic carbocycles. The van der Waals surface area contributed by atoms with Crippen molar-refractivity contribution >= 4 is 49.2 Å². The largest absolute Gasteiger partial charge is 0.466 e. The third kappa shape index (κ3) is 8.67. The van der Waals surface area contributed by atoms with E-state index in [2.05, 4.69) is 31.9 Å². The molecule has 11 heteroatoms. The Labute approximate surface area is 183 Å². The highest BCUT2D eigenvalue weighted by Gasteiger charge is 2.14. The van der Waals surface area contributed by atoms with Crippen LogP contribution in [-0.4, -0.2) is 34.1 Å². The van der Waals surface area contributed by atoms with Crippen LogP contribution < -0.4 is 0 Å². The summed E-state index contributed by atoms with van der Waals surface area (Å²) in [5, 5.41) is 30.0. The molecule has 0 amide bonds. The summed E-state index contributed by atoms with van der Waals surface area (Å²) >= 11 is 6.31. The van der Waals surface area contributed by atoms with Gasteiger partial charge in [0.25, 0.3) is 11.4 Å². The fourth-order valence-electron chi connectivity index (χ4n) is 2.26. The predicted molar refractivity (Wildman–Crippen MR) is 113 cm³/mol. The first kappa shape index (κ1) is 24.7. The van der Waals surface area contributed by atoms with Crippen LogP contribution in [0.5, 0.6) is 0 Å². The minimum absolute atomic E-state index is 0.0292. The van der Waals surface area contributed by atoms with Crippen molar-refractivity contribution in [2.45, 2.75) is 19.8 Å². The summed E-state index contributed by atoms with van der Waals surface area (Å²) in [5.74, 6) is -0.389. The number of rotatable bonds is 7. The molecule has 2 aromatic carbocycles. The number of benzene rings is 2. The van der Waals surface area contributed by atoms with Gasteiger partial charge in [-0.25, -0.2) is 0 Å². The first-order valence-electron chi connectivity index (χ1n) is 8.25. The third-order valence-electron chi connectivity index (χ3n) is 3.55. The van der Waals surface area contributed by atoms with Crippen molar-refractivity contribution in [1.29, 1.82) is 0 Å². The van der Waals surface area contributed by atoms with Crippen LogP contribution in [0.15, 0.2) is 45.3 Å². The smallest absolute Gasteiger partial charge is 0.302 e. The Balaban J connectivity index is 0.000000296. The molecule has 1 N–H and O–H groups in total. The second-order valence-electron chi connectivity index (χ2n) is 5.62. The lowest BCUT2D eigenvalue weighted by Crippen LogP contribution is -2.05. The van der Waals surface area contributed by atoms with Crippen LogP contribution in [0.2, 0.25) is 0 Å². The van der Waals surface area contributed by atoms with Crippen molar-refractivity contribution in [2.75, 3.05) is 13.2 Å². The molecule has 0 saturated heterocycles. The second-order valence-corrected chi connectivity index (χ2v) is 7.46. The van der Waals surface area contributed by atoms with Gasteiger partial charge in [0.05, 0.1) is 16.5 Å². The second kappa shape index (κ2) is 12.2. The molecule has 0 aliphatic heterocycles. The summed E-state index contributed by atoms with van der Waals surface area (Å²) in [4.78, 5) is 30.9. The Bertz CT molecular complexity index is 891. The van der Waals surface area contributed by atoms with Crippen molar-refractivity contribution in [3.05, 3.63) is 76.7 Å². The number of nitro benzene ring substituents is 2. The van der Waals surface area contributed by atoms with Gasteiger partial charge in [-0.1, -0.05) is 44.0 Å². The van der Waals surface area contributed by atoms with Gasteiger partial charge in [0.1, 0.15) is 0 Å². The van der Waals surface area contributed by atoms with Crippen LogP contribution in [-0.2, 0) is 22.4 Å². The number of carbonyl (C=O) groups excluding carboxylic acids is 1. The average Bonchev–Trinajstić information content (AvgIpc) is 2.64. The molecule has 2 rings (SSSR count). The van der Waals surface area contributed by atoms with E-state index in [0.717, 1.165) is 0 Å². The molecule has 9 nitrogen and oxygen atoms in total. The summed E-state index contributed by atoms with van der Waals surface area (Å²) in [6.07, 6.45) is 0.646. The van der Waals surface area contributed by atoms with Gasteiger partial charge in [-0.15, -0.1) is 0 Å². The number of hydrogen-bond donors (Lipinski definition) is 1. The lowest BCUT2D eigenvalue weighted by atomic mass is 10.1. The normalized spacial score (nSPS) is 9.93. The minimum Gasteiger partial charge on any atom is -0.466 e. The first-order valence-corrected chi connectivity index (χ1v) is 9.84. The lowest BCUT2D eigenvalue weighted by Gasteiger charge is -2.03. The van der Waals surface area contributed by atoms with Crippen LogP contribution in [0.25, 0.3) is 0 Å². The molecule has 156 valence electrons. The van der Waals surface area contributed by atoms with Crippen LogP contribution in [0.1, 0.15) is 18.1 Å². The zero-order valence-electron chi connectivity index (χ0n) is 15.3. The van der Waals surface area contributed by atoms with Crippen LogP contribution in [0.3, 0.4) is 0 Å². The number of carbonyl (C=O) groups is 1. The molecule has 0 atom stereocenters. The number of aliphatic hydroxyl groups is 1. The summed E-state index contributed by atoms with van der Waals surface area (Å²) in [5.41, 5.74) is 1.18. The highest BCUT2D eigenvalue weighted by Crippen LogP contribution is 2.24. The number of nitro groups is 2. The van der Waals surface area contributed by atoms with Crippen molar-refractivity contribution in [1.82, 2.24) is 0 Å². The third-order valence-corrected chi connectivity index (χ3v) is 4.53. The maximum Gasteiger partial charge on any atom is 0.302 e. The zero-order chi connectivity index (χ0) is 22.0. The molecule has 0 bridgehead atoms. The molecule has 0 aromatic heterocycles. The number of esters is 1. The fourth-order valence-corrected chi connectivity index (χ4v) is 2.96. The SMILES string of the molecule is CC(=O)OCCc1ccc(Br)cc1[N+](=O)[O-].O=[N+]([O-])c1cc(Br)ccc1CCO. The van der Waals surface area contributed by atoms with Gasteiger partial charge in [-0.2, -0.15) is 0 Å². The molecular weight excluding hydrogens is 516 g/mol. The van der Waals surface area contributed by atoms with E-state index in [1.807, 2.05) is 0 Å². The van der Waals surface area contributed by atoms with E-state index in [4.69, 9.17) is 9.84 Å². The Morgan fingerprint density at radius 2 is 1.41 bits per heavy atom. The zero-order valence-corrected chi connectivity index (χ0v) is 18.5. The number of halogens is 2. The molecule has 0 heterocycles. The highest BCUT2D eigenvalue weighted by atomic mass is 79.9. The Kier molecular flexibility index (Phi) is 10.4. The molecule has 0 spiro atoms. The average molecular weight is 534 g/mol. The monoisotopic (exact) mass is 532 g/mol. The molecule has 29 heavy (non-hydrogen) atoms. The topological polar surface area (TPSA) is 133 Å². The Hall–Kier alpha value is -2.37. The van der Waals surface area contributed by atoms with Crippen LogP contribution in [0, 0.1) is 20.2 Å². The lowest BCUT2D eigenvalue weighted by molar-refractivity contribution is -0.385. The molecule has 0 saturated carbocycles. The standard InChI is InChI=1S/C10H10BrNO4.C8H8BrNO3/c1-7(13)16-5-4-8-2-3-9(11)6-10(8)12(14)15;9-7-2-1-6(3-4-11)8(5-7)10(12)13/h2-3,6H,4-5H2,1H3;1-2,5,11H,3-4H2. The quantitative estimate of drug-likeness (QED) is 0.317. The number of hydrogen-bond acceptors (Lipinski definition) is 7. The molecule has 0 fully saturated rings. The van der Waals surface area contributed by atoms with Crippen molar-refractivity contribution < 1.29 is 24.5 Å². The first-order chi connectivity index (χ1) is 13.6. The van der Waals surface area contributed by atoms with Crippen LogP contribution in [0.4, 0.5) is 11.4 Å². The summed E-state index contributed by atoms with van der Waals surface area (Å²) in [7, 11) is 0. The summed E-state index contributed by atoms with van der Waals surface area (Å²) in [6.45, 7) is 1.37. The maximum atomic E-state index is 10.7. The Morgan fingerprint density at radius 1 is 0.966 bits per heavy atom. The van der Waals surface area contributed by atoms with E-state index in [0.29, 0.717) is 32.9 Å². The van der Waals surface area contributed by atoms with Gasteiger partial charge >= 0.3 is 5.97 Å². The van der Waals surface area contributed by atoms with E-state index in [1.54, 1.807) is 24.3 Å². The van der Waals surface area contributed by atoms with E-state index >= 15 is 0 Å². The fraction of sp³-hybridized carbons (Fsp3) is 0.278. The molecular formula is C18H18Br2N2O7. The molecule has 0 radical (unpaired) electrons. The van der Waals surface area contributed by atoms with Gasteiger partial charge in [0.15, 0.2) is 0 Å². The predicted octanol–water partition coefficient (Wildman–Crippen LogP) is 4.36. The van der Waals surface area contributed by atoms with Gasteiger partial charge in [0.2, 0.25) is 0 Å². The van der Waals surface area contributed by atoms with E-state index < -0.39 is 9.85 Å². The van der Waals surface area contributed by atoms with E-state index in [9.17, 15) is 25.0 Å². The van der Waals surface area contributed by atoms with Gasteiger partial charge in [-0.05, 0) is 12.1 Å². The maximum absolute atomic E-state index is 10.7. The van der Waals surface area contributed by atoms with Gasteiger partial charge < -0.3 is 9.84 Å². The molecule has 2 aromatic rings. The summed E-state index contributed by atoms with van der Waals surface area (Å²) in [6, 6.07) is 9.59. The van der Waals surface area contributed by atoms with E-state index in [-0.39, 0.29) is 30.6 Å². The highest BCUT2D eigenvalue weighted by molar-refractivity contribution is 9.10. The number of nitrogens with zero attached hydrogens (tertiary/aromatic N) is 2. The Morgan fingerprint density at radius 3 is 1.79 bits per heavy atom. The summed E-state index contributed by atoms with van der Waals surface area (Å²) < 4.78 is 6.05. The number of aliphatic hydroxyl groups excluding tert-OH is 1. The van der Waals surface area contributed by atoms with Crippen molar-refractivity contribution in [2.24, 2.45) is 0 Å². The minimum atomic E-state index is -0.451. The van der Waals surface area contributed by atoms with E-state index in [1.165, 1.54) is 19.1 Å². The van der Waals surface area contributed by atoms with Crippen molar-refractivity contribution in [3.8, 4) is 0 Å². The van der Waals surface area contributed by atoms with Gasteiger partial charge in [-0.3, -0.25) is 25.0 Å².